The molecule has 52 valence electrons. The number of nitrogens with two attached hydrogens (primary N) is 2. The van der Waals surface area contributed by atoms with Crippen molar-refractivity contribution in [3.8, 4) is 0 Å². The molecule has 0 rings (SSSR count). The van der Waals surface area contributed by atoms with Gasteiger partial charge in [0.1, 0.15) is 6.17 Å². The van der Waals surface area contributed by atoms with Crippen LogP contribution in [0.3, 0.4) is 0 Å². The van der Waals surface area contributed by atoms with E-state index < -0.39 is 6.17 Å². The Morgan fingerprint density at radius 1 is 1.38 bits per heavy atom. The lowest BCUT2D eigenvalue weighted by molar-refractivity contribution is -0.118. The fourth-order valence-corrected chi connectivity index (χ4v) is 0. The van der Waals surface area contributed by atoms with Crippen LogP contribution < -0.4 is 11.5 Å². The molecule has 0 spiro atoms. The van der Waals surface area contributed by atoms with E-state index in [1.807, 2.05) is 0 Å². The molecule has 0 aromatic carbocycles. The summed E-state index contributed by atoms with van der Waals surface area (Å²) in [7, 11) is 0. The van der Waals surface area contributed by atoms with Crippen LogP contribution in [-0.4, -0.2) is 11.9 Å². The van der Waals surface area contributed by atoms with Crippen LogP contribution in [0.5, 0.6) is 0 Å². The third-order valence-electron chi connectivity index (χ3n) is 0.469. The number of carbonyl (C=O) groups excluding carboxylic acids is 1. The summed E-state index contributed by atoms with van der Waals surface area (Å²) < 4.78 is 0. The van der Waals surface area contributed by atoms with E-state index in [1.165, 1.54) is 6.92 Å². The molecular weight excluding hydrogens is 240 g/mol. The molecule has 0 aliphatic heterocycles. The van der Waals surface area contributed by atoms with E-state index in [0.29, 0.717) is 0 Å². The lowest BCUT2D eigenvalue weighted by Crippen LogP contribution is -2.37. The molecule has 0 saturated heterocycles. The molecule has 0 aromatic heterocycles. The summed E-state index contributed by atoms with van der Waals surface area (Å²) in [5.41, 5.74) is 9.73. The van der Waals surface area contributed by atoms with Crippen molar-refractivity contribution >= 4 is 39.7 Å². The predicted octanol–water partition coefficient (Wildman–Crippen LogP) is -0.0253. The highest BCUT2D eigenvalue weighted by atomic mass is 79.9. The van der Waals surface area contributed by atoms with Crippen LogP contribution in [0, 0.1) is 0 Å². The lowest BCUT2D eigenvalue weighted by Gasteiger charge is -1.92. The largest absolute Gasteiger partial charge is 0.310 e. The summed E-state index contributed by atoms with van der Waals surface area (Å²) in [4.78, 5) is 9.89. The maximum absolute atomic E-state index is 9.89. The number of hydrogen-bond acceptors (Lipinski definition) is 3. The maximum atomic E-state index is 9.89. The predicted molar refractivity (Wildman–Crippen MR) is 43.5 cm³/mol. The van der Waals surface area contributed by atoms with Gasteiger partial charge in [-0.2, -0.15) is 0 Å². The first-order chi connectivity index (χ1) is 2.64. The highest BCUT2D eigenvalue weighted by molar-refractivity contribution is 8.93. The van der Waals surface area contributed by atoms with Crippen molar-refractivity contribution in [3.05, 3.63) is 0 Å². The summed E-state index contributed by atoms with van der Waals surface area (Å²) in [6, 6.07) is 0. The van der Waals surface area contributed by atoms with Gasteiger partial charge in [-0.15, -0.1) is 34.0 Å². The van der Waals surface area contributed by atoms with Crippen molar-refractivity contribution in [2.45, 2.75) is 13.1 Å². The van der Waals surface area contributed by atoms with Crippen LogP contribution in [-0.2, 0) is 4.79 Å². The fourth-order valence-electron chi connectivity index (χ4n) is 0. The van der Waals surface area contributed by atoms with E-state index >= 15 is 0 Å². The molecule has 4 N–H and O–H groups in total. The maximum Gasteiger partial charge on any atom is 0.160 e. The smallest absolute Gasteiger partial charge is 0.160 e. The van der Waals surface area contributed by atoms with Gasteiger partial charge in [-0.1, -0.05) is 0 Å². The van der Waals surface area contributed by atoms with Crippen LogP contribution in [0.15, 0.2) is 0 Å². The van der Waals surface area contributed by atoms with E-state index in [-0.39, 0.29) is 39.7 Å². The normalized spacial score (nSPS) is 7.00. The van der Waals surface area contributed by atoms with E-state index in [2.05, 4.69) is 0 Å². The summed E-state index contributed by atoms with van der Waals surface area (Å²) in [5.74, 6) is -0.185. The quantitative estimate of drug-likeness (QED) is 0.642. The van der Waals surface area contributed by atoms with Crippen LogP contribution >= 0.6 is 34.0 Å². The topological polar surface area (TPSA) is 69.1 Å². The fraction of sp³-hybridized carbons (Fsp3) is 0.667. The molecule has 0 saturated carbocycles. The standard InChI is InChI=1S/C3H8N2O.2BrH/c1-2(6)3(4)5;;/h3H,4-5H2,1H3;2*1H. The molecule has 3 nitrogen and oxygen atoms in total. The average molecular weight is 250 g/mol. The molecule has 5 heteroatoms. The van der Waals surface area contributed by atoms with Gasteiger partial charge in [0.25, 0.3) is 0 Å². The van der Waals surface area contributed by atoms with Crippen molar-refractivity contribution < 1.29 is 4.79 Å². The second kappa shape index (κ2) is 7.55. The molecule has 0 aliphatic rings. The Hall–Kier alpha value is 0.550. The SMILES string of the molecule is Br.Br.CC(=O)C(N)N. The second-order valence-corrected chi connectivity index (χ2v) is 1.14. The van der Waals surface area contributed by atoms with E-state index in [9.17, 15) is 4.79 Å². The van der Waals surface area contributed by atoms with E-state index in [0.717, 1.165) is 0 Å². The molecule has 0 aliphatic carbocycles. The Morgan fingerprint density at radius 3 is 1.50 bits per heavy atom. The molecule has 0 radical (unpaired) electrons. The first-order valence-electron chi connectivity index (χ1n) is 1.66. The van der Waals surface area contributed by atoms with Crippen LogP contribution in [0.2, 0.25) is 0 Å². The van der Waals surface area contributed by atoms with Crippen LogP contribution in [0.4, 0.5) is 0 Å². The highest BCUT2D eigenvalue weighted by Gasteiger charge is 1.95. The summed E-state index contributed by atoms with van der Waals surface area (Å²) in [6.07, 6.45) is -0.787. The van der Waals surface area contributed by atoms with E-state index in [4.69, 9.17) is 11.5 Å². The van der Waals surface area contributed by atoms with Gasteiger partial charge in [0.05, 0.1) is 0 Å². The molecule has 0 bridgehead atoms. The first-order valence-corrected chi connectivity index (χ1v) is 1.66. The molecule has 0 aromatic rings. The van der Waals surface area contributed by atoms with Crippen molar-refractivity contribution in [1.82, 2.24) is 0 Å². The molecule has 0 heterocycles. The average Bonchev–Trinajstić information content (AvgIpc) is 1.36. The molecule has 0 atom stereocenters. The van der Waals surface area contributed by atoms with Gasteiger partial charge in [0.2, 0.25) is 0 Å². The highest BCUT2D eigenvalue weighted by Crippen LogP contribution is 1.62. The number of halogens is 2. The number of hydrogen-bond donors (Lipinski definition) is 2. The van der Waals surface area contributed by atoms with Gasteiger partial charge in [-0.3, -0.25) is 4.79 Å². The first kappa shape index (κ1) is 15.8. The zero-order valence-corrected chi connectivity index (χ0v) is 7.88. The Bertz CT molecular complexity index is 66.3. The zero-order valence-electron chi connectivity index (χ0n) is 4.46. The van der Waals surface area contributed by atoms with Crippen LogP contribution in [0.1, 0.15) is 6.92 Å². The van der Waals surface area contributed by atoms with Gasteiger partial charge in [0.15, 0.2) is 5.78 Å². The molecule has 0 unspecified atom stereocenters. The Balaban J connectivity index is -0.000000125. The van der Waals surface area contributed by atoms with E-state index in [1.54, 1.807) is 0 Å². The van der Waals surface area contributed by atoms with Crippen molar-refractivity contribution in [2.75, 3.05) is 0 Å². The van der Waals surface area contributed by atoms with Gasteiger partial charge in [-0.25, -0.2) is 0 Å². The number of ketones is 1. The number of carbonyl (C=O) groups is 1. The lowest BCUT2D eigenvalue weighted by atomic mass is 10.4. The molecular formula is C3H10Br2N2O. The Morgan fingerprint density at radius 2 is 1.50 bits per heavy atom. The van der Waals surface area contributed by atoms with Crippen molar-refractivity contribution in [3.63, 3.8) is 0 Å². The van der Waals surface area contributed by atoms with Gasteiger partial charge < -0.3 is 11.5 Å². The second-order valence-electron chi connectivity index (χ2n) is 1.14. The van der Waals surface area contributed by atoms with Gasteiger partial charge >= 0.3 is 0 Å². The van der Waals surface area contributed by atoms with Crippen LogP contribution in [0.25, 0.3) is 0 Å². The molecule has 0 amide bonds. The molecule has 0 fully saturated rings. The van der Waals surface area contributed by atoms with Gasteiger partial charge in [-0.05, 0) is 6.92 Å². The minimum absolute atomic E-state index is 0. The Labute approximate surface area is 69.3 Å². The summed E-state index contributed by atoms with van der Waals surface area (Å²) >= 11 is 0. The number of rotatable bonds is 1. The zero-order chi connectivity index (χ0) is 5.15. The van der Waals surface area contributed by atoms with Crippen molar-refractivity contribution in [2.24, 2.45) is 11.5 Å². The Kier molecular flexibility index (Phi) is 14.9. The minimum atomic E-state index is -0.787. The monoisotopic (exact) mass is 248 g/mol. The van der Waals surface area contributed by atoms with Crippen molar-refractivity contribution in [1.29, 1.82) is 0 Å². The molecule has 8 heavy (non-hydrogen) atoms. The third-order valence-corrected chi connectivity index (χ3v) is 0.469. The third kappa shape index (κ3) is 9.75. The summed E-state index contributed by atoms with van der Waals surface area (Å²) in [6.45, 7) is 1.35. The number of Topliss-reactive ketones (excluding diaryl/α,β-unsaturated/α-hetero) is 1. The minimum Gasteiger partial charge on any atom is -0.310 e. The van der Waals surface area contributed by atoms with Gasteiger partial charge in [0, 0.05) is 0 Å². The summed E-state index contributed by atoms with van der Waals surface area (Å²) in [5, 5.41) is 0.